The van der Waals surface area contributed by atoms with Gasteiger partial charge in [-0.25, -0.2) is 0 Å². The second kappa shape index (κ2) is 3.27. The summed E-state index contributed by atoms with van der Waals surface area (Å²) in [6.07, 6.45) is 0. The quantitative estimate of drug-likeness (QED) is 0.661. The first-order chi connectivity index (χ1) is 7.58. The van der Waals surface area contributed by atoms with E-state index in [1.165, 1.54) is 11.3 Å². The van der Waals surface area contributed by atoms with Crippen LogP contribution in [0.15, 0.2) is 24.3 Å². The molecule has 3 heteroatoms. The zero-order valence-corrected chi connectivity index (χ0v) is 9.90. The number of hydrogen-bond acceptors (Lipinski definition) is 2. The lowest BCUT2D eigenvalue weighted by Crippen LogP contribution is -2.52. The summed E-state index contributed by atoms with van der Waals surface area (Å²) in [5.41, 5.74) is 2.94. The second-order valence-electron chi connectivity index (χ2n) is 5.73. The third-order valence-electron chi connectivity index (χ3n) is 3.96. The molecular formula is C13H17BN2. The zero-order chi connectivity index (χ0) is 11.3. The van der Waals surface area contributed by atoms with E-state index in [0.29, 0.717) is 12.0 Å². The van der Waals surface area contributed by atoms with Gasteiger partial charge in [0.1, 0.15) is 0 Å². The molecule has 2 radical (unpaired) electrons. The molecule has 0 bridgehead atoms. The predicted octanol–water partition coefficient (Wildman–Crippen LogP) is 1.99. The van der Waals surface area contributed by atoms with Crippen LogP contribution in [0.1, 0.15) is 25.3 Å². The highest BCUT2D eigenvalue weighted by Crippen LogP contribution is 2.46. The fourth-order valence-electron chi connectivity index (χ4n) is 3.28. The van der Waals surface area contributed by atoms with Crippen LogP contribution in [-0.4, -0.2) is 31.9 Å². The lowest BCUT2D eigenvalue weighted by Gasteiger charge is -2.45. The van der Waals surface area contributed by atoms with Crippen molar-refractivity contribution in [2.75, 3.05) is 18.4 Å². The van der Waals surface area contributed by atoms with Gasteiger partial charge in [-0.2, -0.15) is 0 Å². The third kappa shape index (κ3) is 1.38. The van der Waals surface area contributed by atoms with Crippen LogP contribution in [0.3, 0.4) is 0 Å². The Balaban J connectivity index is 2.02. The number of rotatable bonds is 0. The third-order valence-corrected chi connectivity index (χ3v) is 3.96. The summed E-state index contributed by atoms with van der Waals surface area (Å²) in [5.74, 6) is 0.532. The van der Waals surface area contributed by atoms with Gasteiger partial charge in [0.05, 0.1) is 0 Å². The van der Waals surface area contributed by atoms with Crippen molar-refractivity contribution in [1.82, 2.24) is 4.81 Å². The van der Waals surface area contributed by atoms with Crippen molar-refractivity contribution in [3.8, 4) is 0 Å². The average molecular weight is 212 g/mol. The minimum Gasteiger partial charge on any atom is -0.381 e. The minimum atomic E-state index is 0.219. The number of para-hydroxylation sites is 1. The van der Waals surface area contributed by atoms with E-state index in [0.717, 1.165) is 13.1 Å². The van der Waals surface area contributed by atoms with Crippen LogP contribution in [0.4, 0.5) is 5.69 Å². The van der Waals surface area contributed by atoms with Crippen LogP contribution >= 0.6 is 0 Å². The zero-order valence-electron chi connectivity index (χ0n) is 9.90. The van der Waals surface area contributed by atoms with Gasteiger partial charge in [0.25, 0.3) is 0 Å². The summed E-state index contributed by atoms with van der Waals surface area (Å²) in [6, 6.07) is 9.12. The van der Waals surface area contributed by atoms with E-state index in [4.69, 9.17) is 7.98 Å². The molecule has 0 unspecified atom stereocenters. The number of fused-ring (bicyclic) bond motifs is 3. The summed E-state index contributed by atoms with van der Waals surface area (Å²) in [6.45, 7) is 6.50. The molecule has 1 aromatic rings. The molecule has 0 saturated carbocycles. The highest BCUT2D eigenvalue weighted by molar-refractivity contribution is 6.04. The average Bonchev–Trinajstić information content (AvgIpc) is 2.57. The van der Waals surface area contributed by atoms with Crippen molar-refractivity contribution < 1.29 is 0 Å². The molecule has 0 spiro atoms. The number of nitrogens with one attached hydrogen (secondary N) is 1. The van der Waals surface area contributed by atoms with E-state index in [9.17, 15) is 0 Å². The van der Waals surface area contributed by atoms with E-state index in [-0.39, 0.29) is 5.41 Å². The Morgan fingerprint density at radius 3 is 2.94 bits per heavy atom. The van der Waals surface area contributed by atoms with Crippen LogP contribution in [0.5, 0.6) is 0 Å². The molecule has 0 aliphatic carbocycles. The topological polar surface area (TPSA) is 15.3 Å². The van der Waals surface area contributed by atoms with Crippen molar-refractivity contribution in [3.63, 3.8) is 0 Å². The van der Waals surface area contributed by atoms with Gasteiger partial charge in [-0.15, -0.1) is 0 Å². The molecule has 16 heavy (non-hydrogen) atoms. The van der Waals surface area contributed by atoms with Crippen molar-refractivity contribution >= 4 is 13.7 Å². The van der Waals surface area contributed by atoms with Gasteiger partial charge in [0, 0.05) is 17.6 Å². The van der Waals surface area contributed by atoms with Crippen LogP contribution in [-0.2, 0) is 0 Å². The number of anilines is 1. The molecule has 3 rings (SSSR count). The van der Waals surface area contributed by atoms with E-state index in [2.05, 4.69) is 43.4 Å². The molecular weight excluding hydrogens is 195 g/mol. The summed E-state index contributed by atoms with van der Waals surface area (Å²) >= 11 is 0. The first-order valence-corrected chi connectivity index (χ1v) is 5.93. The van der Waals surface area contributed by atoms with Crippen molar-refractivity contribution in [2.45, 2.75) is 25.8 Å². The number of benzene rings is 1. The molecule has 2 heterocycles. The Bertz CT molecular complexity index is 416. The minimum absolute atomic E-state index is 0.219. The van der Waals surface area contributed by atoms with E-state index >= 15 is 0 Å². The molecule has 2 aliphatic heterocycles. The Labute approximate surface area is 98.5 Å². The van der Waals surface area contributed by atoms with Gasteiger partial charge in [0.15, 0.2) is 7.98 Å². The normalized spacial score (nSPS) is 31.6. The molecule has 2 aliphatic rings. The van der Waals surface area contributed by atoms with Crippen LogP contribution in [0.25, 0.3) is 0 Å². The maximum Gasteiger partial charge on any atom is 0.182 e. The first kappa shape index (κ1) is 10.2. The molecule has 2 atom stereocenters. The molecule has 82 valence electrons. The van der Waals surface area contributed by atoms with Crippen LogP contribution in [0, 0.1) is 5.41 Å². The standard InChI is InChI=1S/C13H17BN2/c1-13(2)8-16(14)7-10-9-5-3-4-6-11(9)15-12(10)13/h3-6,10,12,15H,7-8H2,1-2H3/t10-,12+/m0/s1. The highest BCUT2D eigenvalue weighted by atomic mass is 15.1. The number of nitrogens with zero attached hydrogens (tertiary/aromatic N) is 1. The maximum atomic E-state index is 6.03. The molecule has 1 aromatic carbocycles. The fourth-order valence-corrected chi connectivity index (χ4v) is 3.28. The maximum absolute atomic E-state index is 6.03. The predicted molar refractivity (Wildman–Crippen MR) is 67.7 cm³/mol. The molecule has 1 N–H and O–H groups in total. The smallest absolute Gasteiger partial charge is 0.182 e. The molecule has 0 aromatic heterocycles. The van der Waals surface area contributed by atoms with E-state index in [1.807, 2.05) is 4.81 Å². The van der Waals surface area contributed by atoms with Gasteiger partial charge in [0.2, 0.25) is 0 Å². The SMILES string of the molecule is [B]N1C[C@H]2c3ccccc3N[C@H]2C(C)(C)C1. The lowest BCUT2D eigenvalue weighted by molar-refractivity contribution is 0.154. The fraction of sp³-hybridized carbons (Fsp3) is 0.538. The van der Waals surface area contributed by atoms with Gasteiger partial charge < -0.3 is 10.1 Å². The monoisotopic (exact) mass is 212 g/mol. The van der Waals surface area contributed by atoms with Crippen molar-refractivity contribution in [1.29, 1.82) is 0 Å². The van der Waals surface area contributed by atoms with Crippen molar-refractivity contribution in [3.05, 3.63) is 29.8 Å². The summed E-state index contributed by atoms with van der Waals surface area (Å²) in [7, 11) is 6.03. The number of hydrogen-bond donors (Lipinski definition) is 1. The van der Waals surface area contributed by atoms with Gasteiger partial charge >= 0.3 is 0 Å². The summed E-state index contributed by atoms with van der Waals surface area (Å²) < 4.78 is 0. The van der Waals surface area contributed by atoms with Crippen molar-refractivity contribution in [2.24, 2.45) is 5.41 Å². The lowest BCUT2D eigenvalue weighted by atomic mass is 9.72. The van der Waals surface area contributed by atoms with E-state index < -0.39 is 0 Å². The van der Waals surface area contributed by atoms with Gasteiger partial charge in [-0.05, 0) is 30.1 Å². The Kier molecular flexibility index (Phi) is 2.09. The second-order valence-corrected chi connectivity index (χ2v) is 5.73. The summed E-state index contributed by atoms with van der Waals surface area (Å²) in [5, 5.41) is 3.66. The first-order valence-electron chi connectivity index (χ1n) is 5.93. The molecule has 0 amide bonds. The Morgan fingerprint density at radius 1 is 1.38 bits per heavy atom. The number of piperidine rings is 1. The van der Waals surface area contributed by atoms with E-state index in [1.54, 1.807) is 0 Å². The van der Waals surface area contributed by atoms with Crippen LogP contribution < -0.4 is 5.32 Å². The highest BCUT2D eigenvalue weighted by Gasteiger charge is 2.45. The Hall–Kier alpha value is -0.955. The molecule has 1 saturated heterocycles. The molecule has 2 nitrogen and oxygen atoms in total. The van der Waals surface area contributed by atoms with Gasteiger partial charge in [-0.1, -0.05) is 32.0 Å². The Morgan fingerprint density at radius 2 is 2.12 bits per heavy atom. The summed E-state index contributed by atoms with van der Waals surface area (Å²) in [4.78, 5) is 1.96. The molecule has 1 fully saturated rings. The van der Waals surface area contributed by atoms with Gasteiger partial charge in [-0.3, -0.25) is 0 Å². The van der Waals surface area contributed by atoms with Crippen LogP contribution in [0.2, 0.25) is 0 Å². The largest absolute Gasteiger partial charge is 0.381 e.